The SMILES string of the molecule is O=C1CCC(NCc2cccc3ccccc23)CN1. The molecule has 2 N–H and O–H groups in total. The fourth-order valence-electron chi connectivity index (χ4n) is 2.61. The number of rotatable bonds is 3. The van der Waals surface area contributed by atoms with Gasteiger partial charge in [-0.1, -0.05) is 42.5 Å². The molecule has 3 nitrogen and oxygen atoms in total. The summed E-state index contributed by atoms with van der Waals surface area (Å²) >= 11 is 0. The van der Waals surface area contributed by atoms with E-state index in [1.54, 1.807) is 0 Å². The summed E-state index contributed by atoms with van der Waals surface area (Å²) in [6, 6.07) is 15.2. The molecule has 1 amide bonds. The van der Waals surface area contributed by atoms with Gasteiger partial charge in [0.15, 0.2) is 0 Å². The van der Waals surface area contributed by atoms with Crippen LogP contribution in [0.2, 0.25) is 0 Å². The van der Waals surface area contributed by atoms with Gasteiger partial charge in [-0.2, -0.15) is 0 Å². The first kappa shape index (κ1) is 12.2. The van der Waals surface area contributed by atoms with Crippen LogP contribution in [0.1, 0.15) is 18.4 Å². The molecule has 1 saturated heterocycles. The third kappa shape index (κ3) is 2.76. The lowest BCUT2D eigenvalue weighted by atomic mass is 10.0. The van der Waals surface area contributed by atoms with Crippen molar-refractivity contribution in [3.63, 3.8) is 0 Å². The van der Waals surface area contributed by atoms with Crippen molar-refractivity contribution in [2.75, 3.05) is 6.54 Å². The van der Waals surface area contributed by atoms with Crippen LogP contribution in [0.25, 0.3) is 10.8 Å². The highest BCUT2D eigenvalue weighted by Gasteiger charge is 2.17. The minimum absolute atomic E-state index is 0.170. The molecule has 0 saturated carbocycles. The first-order valence-corrected chi connectivity index (χ1v) is 6.79. The van der Waals surface area contributed by atoms with Gasteiger partial charge >= 0.3 is 0 Å². The number of hydrogen-bond donors (Lipinski definition) is 2. The van der Waals surface area contributed by atoms with Crippen LogP contribution in [0.3, 0.4) is 0 Å². The Morgan fingerprint density at radius 2 is 2.00 bits per heavy atom. The van der Waals surface area contributed by atoms with Crippen LogP contribution in [0, 0.1) is 0 Å². The predicted octanol–water partition coefficient (Wildman–Crippen LogP) is 2.21. The van der Waals surface area contributed by atoms with Crippen molar-refractivity contribution in [1.82, 2.24) is 10.6 Å². The van der Waals surface area contributed by atoms with Crippen LogP contribution < -0.4 is 10.6 Å². The normalized spacial score (nSPS) is 19.4. The smallest absolute Gasteiger partial charge is 0.220 e. The minimum atomic E-state index is 0.170. The van der Waals surface area contributed by atoms with Gasteiger partial charge in [0.05, 0.1) is 0 Å². The molecule has 1 aliphatic heterocycles. The standard InChI is InChI=1S/C16H18N2O/c19-16-9-8-14(11-18-16)17-10-13-6-3-5-12-4-1-2-7-15(12)13/h1-7,14,17H,8-11H2,(H,18,19). The third-order valence-electron chi connectivity index (χ3n) is 3.73. The molecule has 1 heterocycles. The van der Waals surface area contributed by atoms with Gasteiger partial charge < -0.3 is 10.6 Å². The maximum absolute atomic E-state index is 11.1. The highest BCUT2D eigenvalue weighted by molar-refractivity contribution is 5.85. The van der Waals surface area contributed by atoms with E-state index in [0.29, 0.717) is 12.5 Å². The molecular weight excluding hydrogens is 236 g/mol. The summed E-state index contributed by atoms with van der Waals surface area (Å²) in [5, 5.41) is 9.02. The molecular formula is C16H18N2O. The van der Waals surface area contributed by atoms with Crippen molar-refractivity contribution in [2.24, 2.45) is 0 Å². The van der Waals surface area contributed by atoms with Gasteiger partial charge in [-0.15, -0.1) is 0 Å². The van der Waals surface area contributed by atoms with Crippen molar-refractivity contribution >= 4 is 16.7 Å². The molecule has 3 heteroatoms. The Hall–Kier alpha value is -1.87. The summed E-state index contributed by atoms with van der Waals surface area (Å²) in [5.74, 6) is 0.170. The fraction of sp³-hybridized carbons (Fsp3) is 0.312. The van der Waals surface area contributed by atoms with Crippen molar-refractivity contribution in [1.29, 1.82) is 0 Å². The molecule has 19 heavy (non-hydrogen) atoms. The number of piperidine rings is 1. The maximum atomic E-state index is 11.1. The molecule has 3 rings (SSSR count). The van der Waals surface area contributed by atoms with Gasteiger partial charge in [0.1, 0.15) is 0 Å². The molecule has 98 valence electrons. The molecule has 0 spiro atoms. The molecule has 1 aliphatic rings. The Balaban J connectivity index is 1.70. The summed E-state index contributed by atoms with van der Waals surface area (Å²) in [6.07, 6.45) is 1.56. The fourth-order valence-corrected chi connectivity index (χ4v) is 2.61. The molecule has 1 unspecified atom stereocenters. The zero-order valence-electron chi connectivity index (χ0n) is 10.9. The Labute approximate surface area is 113 Å². The van der Waals surface area contributed by atoms with Crippen LogP contribution in [0.4, 0.5) is 0 Å². The third-order valence-corrected chi connectivity index (χ3v) is 3.73. The Morgan fingerprint density at radius 1 is 1.16 bits per heavy atom. The van der Waals surface area contributed by atoms with Crippen LogP contribution in [0.5, 0.6) is 0 Å². The minimum Gasteiger partial charge on any atom is -0.355 e. The van der Waals surface area contributed by atoms with Crippen molar-refractivity contribution in [3.05, 3.63) is 48.0 Å². The quantitative estimate of drug-likeness (QED) is 0.881. The van der Waals surface area contributed by atoms with Crippen molar-refractivity contribution in [2.45, 2.75) is 25.4 Å². The van der Waals surface area contributed by atoms with E-state index in [4.69, 9.17) is 0 Å². The lowest BCUT2D eigenvalue weighted by Gasteiger charge is -2.23. The summed E-state index contributed by atoms with van der Waals surface area (Å²) in [5.41, 5.74) is 1.31. The van der Waals surface area contributed by atoms with Gasteiger partial charge in [-0.25, -0.2) is 0 Å². The number of benzene rings is 2. The van der Waals surface area contributed by atoms with E-state index in [2.05, 4.69) is 53.1 Å². The summed E-state index contributed by atoms with van der Waals surface area (Å²) in [4.78, 5) is 11.1. The lowest BCUT2D eigenvalue weighted by Crippen LogP contribution is -2.45. The average molecular weight is 254 g/mol. The number of carbonyl (C=O) groups is 1. The molecule has 2 aromatic carbocycles. The molecule has 0 aliphatic carbocycles. The van der Waals surface area contributed by atoms with E-state index >= 15 is 0 Å². The Morgan fingerprint density at radius 3 is 2.84 bits per heavy atom. The van der Waals surface area contributed by atoms with Crippen molar-refractivity contribution in [3.8, 4) is 0 Å². The molecule has 2 aromatic rings. The molecule has 1 fully saturated rings. The number of amides is 1. The Bertz CT molecular complexity index is 579. The van der Waals surface area contributed by atoms with Crippen molar-refractivity contribution < 1.29 is 4.79 Å². The molecule has 0 radical (unpaired) electrons. The highest BCUT2D eigenvalue weighted by Crippen LogP contribution is 2.18. The maximum Gasteiger partial charge on any atom is 0.220 e. The van der Waals surface area contributed by atoms with E-state index in [1.807, 2.05) is 0 Å². The second kappa shape index (κ2) is 5.41. The number of carbonyl (C=O) groups excluding carboxylic acids is 1. The van der Waals surface area contributed by atoms with Crippen LogP contribution in [-0.4, -0.2) is 18.5 Å². The zero-order chi connectivity index (χ0) is 13.1. The van der Waals surface area contributed by atoms with E-state index in [1.165, 1.54) is 16.3 Å². The highest BCUT2D eigenvalue weighted by atomic mass is 16.1. The van der Waals surface area contributed by atoms with Crippen LogP contribution >= 0.6 is 0 Å². The van der Waals surface area contributed by atoms with Gasteiger partial charge in [0.2, 0.25) is 5.91 Å². The Kier molecular flexibility index (Phi) is 3.47. The van der Waals surface area contributed by atoms with E-state index in [0.717, 1.165) is 19.5 Å². The van der Waals surface area contributed by atoms with Gasteiger partial charge in [0, 0.05) is 25.6 Å². The van der Waals surface area contributed by atoms with Gasteiger partial charge in [-0.3, -0.25) is 4.79 Å². The summed E-state index contributed by atoms with van der Waals surface area (Å²) < 4.78 is 0. The van der Waals surface area contributed by atoms with Crippen LogP contribution in [0.15, 0.2) is 42.5 Å². The molecule has 1 atom stereocenters. The van der Waals surface area contributed by atoms with Gasteiger partial charge in [0.25, 0.3) is 0 Å². The predicted molar refractivity (Wildman–Crippen MR) is 76.8 cm³/mol. The average Bonchev–Trinajstić information content (AvgIpc) is 2.47. The monoisotopic (exact) mass is 254 g/mol. The number of nitrogens with one attached hydrogen (secondary N) is 2. The summed E-state index contributed by atoms with van der Waals surface area (Å²) in [6.45, 7) is 1.59. The zero-order valence-corrected chi connectivity index (χ0v) is 10.9. The van der Waals surface area contributed by atoms with Gasteiger partial charge in [-0.05, 0) is 22.8 Å². The van der Waals surface area contributed by atoms with E-state index in [9.17, 15) is 4.79 Å². The van der Waals surface area contributed by atoms with Crippen LogP contribution in [-0.2, 0) is 11.3 Å². The molecule has 0 bridgehead atoms. The first-order chi connectivity index (χ1) is 9.33. The topological polar surface area (TPSA) is 41.1 Å². The second-order valence-corrected chi connectivity index (χ2v) is 5.06. The lowest BCUT2D eigenvalue weighted by molar-refractivity contribution is -0.122. The largest absolute Gasteiger partial charge is 0.355 e. The second-order valence-electron chi connectivity index (χ2n) is 5.06. The van der Waals surface area contributed by atoms with E-state index in [-0.39, 0.29) is 5.91 Å². The van der Waals surface area contributed by atoms with E-state index < -0.39 is 0 Å². The molecule has 0 aromatic heterocycles. The first-order valence-electron chi connectivity index (χ1n) is 6.79. The number of hydrogen-bond acceptors (Lipinski definition) is 2. The summed E-state index contributed by atoms with van der Waals surface area (Å²) in [7, 11) is 0. The number of fused-ring (bicyclic) bond motifs is 1.